The lowest BCUT2D eigenvalue weighted by Crippen LogP contribution is -2.50. The minimum Gasteiger partial charge on any atom is -0.483 e. The Morgan fingerprint density at radius 3 is 2.31 bits per heavy atom. The normalized spacial score (nSPS) is 12.0. The Bertz CT molecular complexity index is 884. The average Bonchev–Trinajstić information content (AvgIpc) is 2.77. The molecule has 0 unspecified atom stereocenters. The average molecular weight is 503 g/mol. The maximum atomic E-state index is 13.1. The Labute approximate surface area is 200 Å². The highest BCUT2D eigenvalue weighted by Crippen LogP contribution is 2.29. The molecule has 0 saturated carbocycles. The van der Waals surface area contributed by atoms with E-state index in [1.54, 1.807) is 11.8 Å². The quantitative estimate of drug-likeness (QED) is 0.460. The van der Waals surface area contributed by atoms with Crippen molar-refractivity contribution in [2.24, 2.45) is 5.92 Å². The van der Waals surface area contributed by atoms with Gasteiger partial charge in [-0.1, -0.05) is 64.1 Å². The van der Waals surface area contributed by atoms with Gasteiger partial charge in [0.1, 0.15) is 11.8 Å². The van der Waals surface area contributed by atoms with E-state index in [1.807, 2.05) is 62.4 Å². The predicted molar refractivity (Wildman–Crippen MR) is 133 cm³/mol. The number of amides is 2. The molecular formula is C26H35BrN2O3. The van der Waals surface area contributed by atoms with Gasteiger partial charge in [0, 0.05) is 13.1 Å². The number of rotatable bonds is 11. The molecule has 174 valence electrons. The number of halogens is 1. The van der Waals surface area contributed by atoms with Crippen LogP contribution >= 0.6 is 15.9 Å². The van der Waals surface area contributed by atoms with Crippen LogP contribution in [0.1, 0.15) is 51.7 Å². The number of ether oxygens (including phenoxy) is 1. The van der Waals surface area contributed by atoms with E-state index in [2.05, 4.69) is 35.1 Å². The molecule has 6 heteroatoms. The summed E-state index contributed by atoms with van der Waals surface area (Å²) in [6.45, 7) is 11.0. The second-order valence-corrected chi connectivity index (χ2v) is 9.63. The van der Waals surface area contributed by atoms with Crippen LogP contribution in [0.4, 0.5) is 0 Å². The molecule has 0 saturated heterocycles. The van der Waals surface area contributed by atoms with Crippen LogP contribution in [0, 0.1) is 5.92 Å². The lowest BCUT2D eigenvalue weighted by atomic mass is 10.0. The molecule has 0 bridgehead atoms. The molecule has 2 aromatic rings. The molecule has 1 atom stereocenters. The van der Waals surface area contributed by atoms with E-state index in [-0.39, 0.29) is 18.4 Å². The molecule has 2 amide bonds. The molecule has 2 rings (SSSR count). The number of carbonyl (C=O) groups is 2. The minimum atomic E-state index is -0.583. The summed E-state index contributed by atoms with van der Waals surface area (Å²) in [5, 5.41) is 2.93. The number of carbonyl (C=O) groups excluding carboxylic acids is 2. The zero-order valence-electron chi connectivity index (χ0n) is 19.7. The Kier molecular flexibility index (Phi) is 10.2. The molecule has 0 aliphatic heterocycles. The maximum absolute atomic E-state index is 13.1. The van der Waals surface area contributed by atoms with E-state index in [1.165, 1.54) is 5.56 Å². The Morgan fingerprint density at radius 2 is 1.72 bits per heavy atom. The number of hydrogen-bond donors (Lipinski definition) is 1. The zero-order valence-corrected chi connectivity index (χ0v) is 21.3. The molecule has 0 fully saturated rings. The van der Waals surface area contributed by atoms with Crippen molar-refractivity contribution in [2.75, 3.05) is 19.7 Å². The summed E-state index contributed by atoms with van der Waals surface area (Å²) >= 11 is 3.54. The van der Waals surface area contributed by atoms with Crippen LogP contribution in [0.5, 0.6) is 5.75 Å². The van der Waals surface area contributed by atoms with Gasteiger partial charge in [-0.3, -0.25) is 9.59 Å². The maximum Gasteiger partial charge on any atom is 0.261 e. The Balaban J connectivity index is 2.09. The van der Waals surface area contributed by atoms with Crippen LogP contribution in [0.2, 0.25) is 0 Å². The third-order valence-corrected chi connectivity index (χ3v) is 5.93. The highest BCUT2D eigenvalue weighted by molar-refractivity contribution is 9.10. The second-order valence-electron chi connectivity index (χ2n) is 8.77. The number of nitrogens with one attached hydrogen (secondary N) is 1. The molecule has 32 heavy (non-hydrogen) atoms. The first kappa shape index (κ1) is 25.9. The van der Waals surface area contributed by atoms with Crippen LogP contribution in [0.15, 0.2) is 53.0 Å². The van der Waals surface area contributed by atoms with Gasteiger partial charge in [-0.2, -0.15) is 0 Å². The monoisotopic (exact) mass is 502 g/mol. The van der Waals surface area contributed by atoms with Gasteiger partial charge in [0.05, 0.1) is 4.47 Å². The first-order valence-electron chi connectivity index (χ1n) is 11.2. The van der Waals surface area contributed by atoms with Gasteiger partial charge in [-0.25, -0.2) is 0 Å². The summed E-state index contributed by atoms with van der Waals surface area (Å²) in [5.74, 6) is 0.994. The van der Waals surface area contributed by atoms with Gasteiger partial charge in [0.25, 0.3) is 5.91 Å². The summed E-state index contributed by atoms with van der Waals surface area (Å²) in [7, 11) is 0. The fourth-order valence-electron chi connectivity index (χ4n) is 3.24. The SMILES string of the molecule is CC(C)CNC(=O)[C@H](C)N(CCc1ccccc1)C(=O)COc1ccc(C(C)C)cc1Br. The van der Waals surface area contributed by atoms with Crippen LogP contribution < -0.4 is 10.1 Å². The molecule has 5 nitrogen and oxygen atoms in total. The van der Waals surface area contributed by atoms with E-state index >= 15 is 0 Å². The molecule has 0 aliphatic rings. The summed E-state index contributed by atoms with van der Waals surface area (Å²) < 4.78 is 6.64. The zero-order chi connectivity index (χ0) is 23.7. The number of hydrogen-bond acceptors (Lipinski definition) is 3. The largest absolute Gasteiger partial charge is 0.483 e. The summed E-state index contributed by atoms with van der Waals surface area (Å²) in [5.41, 5.74) is 2.31. The van der Waals surface area contributed by atoms with Gasteiger partial charge < -0.3 is 15.0 Å². The van der Waals surface area contributed by atoms with Crippen LogP contribution in [-0.2, 0) is 16.0 Å². The summed E-state index contributed by atoms with van der Waals surface area (Å²) in [6, 6.07) is 15.3. The molecular weight excluding hydrogens is 468 g/mol. The fourth-order valence-corrected chi connectivity index (χ4v) is 3.75. The van der Waals surface area contributed by atoms with Crippen LogP contribution in [-0.4, -0.2) is 42.5 Å². The number of nitrogens with zero attached hydrogens (tertiary/aromatic N) is 1. The van der Waals surface area contributed by atoms with Crippen molar-refractivity contribution >= 4 is 27.7 Å². The Morgan fingerprint density at radius 1 is 1.03 bits per heavy atom. The standard InChI is InChI=1S/C26H35BrN2O3/c1-18(2)16-28-26(31)20(5)29(14-13-21-9-7-6-8-10-21)25(30)17-32-24-12-11-22(19(3)4)15-23(24)27/h6-12,15,18-20H,13-14,16-17H2,1-5H3,(H,28,31)/t20-/m0/s1. The molecule has 2 aromatic carbocycles. The Hall–Kier alpha value is -2.34. The third-order valence-electron chi connectivity index (χ3n) is 5.31. The van der Waals surface area contributed by atoms with Gasteiger partial charge in [0.15, 0.2) is 6.61 Å². The second kappa shape index (κ2) is 12.6. The predicted octanol–water partition coefficient (Wildman–Crippen LogP) is 5.18. The van der Waals surface area contributed by atoms with Crippen molar-refractivity contribution in [1.82, 2.24) is 10.2 Å². The summed E-state index contributed by atoms with van der Waals surface area (Å²) in [6.07, 6.45) is 0.668. The highest BCUT2D eigenvalue weighted by atomic mass is 79.9. The van der Waals surface area contributed by atoms with E-state index < -0.39 is 6.04 Å². The van der Waals surface area contributed by atoms with Gasteiger partial charge >= 0.3 is 0 Å². The highest BCUT2D eigenvalue weighted by Gasteiger charge is 2.26. The third kappa shape index (κ3) is 7.97. The lowest BCUT2D eigenvalue weighted by molar-refractivity contribution is -0.141. The van der Waals surface area contributed by atoms with Crippen molar-refractivity contribution in [2.45, 2.75) is 53.0 Å². The van der Waals surface area contributed by atoms with Crippen molar-refractivity contribution in [3.63, 3.8) is 0 Å². The van der Waals surface area contributed by atoms with Gasteiger partial charge in [-0.15, -0.1) is 0 Å². The molecule has 0 radical (unpaired) electrons. The van der Waals surface area contributed by atoms with E-state index in [0.717, 1.165) is 10.0 Å². The number of benzene rings is 2. The topological polar surface area (TPSA) is 58.6 Å². The lowest BCUT2D eigenvalue weighted by Gasteiger charge is -2.29. The minimum absolute atomic E-state index is 0.129. The van der Waals surface area contributed by atoms with Crippen molar-refractivity contribution in [1.29, 1.82) is 0 Å². The van der Waals surface area contributed by atoms with Crippen molar-refractivity contribution < 1.29 is 14.3 Å². The first-order valence-corrected chi connectivity index (χ1v) is 12.0. The molecule has 0 aromatic heterocycles. The molecule has 0 spiro atoms. The summed E-state index contributed by atoms with van der Waals surface area (Å²) in [4.78, 5) is 27.4. The van der Waals surface area contributed by atoms with Crippen LogP contribution in [0.25, 0.3) is 0 Å². The van der Waals surface area contributed by atoms with Crippen LogP contribution in [0.3, 0.4) is 0 Å². The van der Waals surface area contributed by atoms with E-state index in [4.69, 9.17) is 4.74 Å². The molecule has 0 heterocycles. The fraction of sp³-hybridized carbons (Fsp3) is 0.462. The van der Waals surface area contributed by atoms with E-state index in [9.17, 15) is 9.59 Å². The first-order chi connectivity index (χ1) is 15.2. The molecule has 0 aliphatic carbocycles. The van der Waals surface area contributed by atoms with Gasteiger partial charge in [0.2, 0.25) is 5.91 Å². The smallest absolute Gasteiger partial charge is 0.261 e. The van der Waals surface area contributed by atoms with E-state index in [0.29, 0.717) is 37.1 Å². The van der Waals surface area contributed by atoms with Crippen molar-refractivity contribution in [3.8, 4) is 5.75 Å². The molecule has 1 N–H and O–H groups in total. The van der Waals surface area contributed by atoms with Crippen molar-refractivity contribution in [3.05, 3.63) is 64.1 Å². The van der Waals surface area contributed by atoms with Gasteiger partial charge in [-0.05, 0) is 64.4 Å².